The first-order valence-electron chi connectivity index (χ1n) is 11.4. The van der Waals surface area contributed by atoms with Crippen LogP contribution < -0.4 is 9.89 Å². The van der Waals surface area contributed by atoms with Crippen LogP contribution in [0, 0.1) is 0 Å². The number of thiol groups is 1. The van der Waals surface area contributed by atoms with E-state index in [1.165, 1.54) is 77.0 Å². The van der Waals surface area contributed by atoms with Crippen molar-refractivity contribution in [3.8, 4) is 0 Å². The Hall–Kier alpha value is 0.0834. The molecule has 27 heavy (non-hydrogen) atoms. The number of hydrogen-bond donors (Lipinski definition) is 2. The minimum Gasteiger partial charge on any atom is -0.385 e. The Labute approximate surface area is 185 Å². The van der Waals surface area contributed by atoms with E-state index in [1.807, 2.05) is 0 Å². The van der Waals surface area contributed by atoms with Gasteiger partial charge >= 0.3 is 151 Å². The van der Waals surface area contributed by atoms with Gasteiger partial charge in [0.1, 0.15) is 4.32 Å². The van der Waals surface area contributed by atoms with Crippen molar-refractivity contribution in [1.82, 2.24) is 0 Å². The van der Waals surface area contributed by atoms with Crippen LogP contribution in [0.1, 0.15) is 90.9 Å². The molecule has 0 saturated heterocycles. The smallest absolute Gasteiger partial charge is 0.128 e. The number of benzene rings is 1. The molecule has 1 rings (SSSR count). The van der Waals surface area contributed by atoms with Crippen LogP contribution in [-0.2, 0) is 16.0 Å². The molecular weight excluding hydrogens is 420 g/mol. The monoisotopic (exact) mass is 460 g/mol. The maximum Gasteiger partial charge on any atom is 0.128 e. The number of rotatable bonds is 15. The van der Waals surface area contributed by atoms with Gasteiger partial charge in [-0.25, -0.2) is 0 Å². The van der Waals surface area contributed by atoms with Gasteiger partial charge in [0.25, 0.3) is 0 Å². The van der Waals surface area contributed by atoms with Gasteiger partial charge in [-0.15, -0.1) is 12.6 Å². The third-order valence-corrected chi connectivity index (χ3v) is 14.6. The first kappa shape index (κ1) is 27.1. The average Bonchev–Trinajstić information content (AvgIpc) is 2.66. The quantitative estimate of drug-likeness (QED) is 0.121. The minimum absolute atomic E-state index is 0.194. The predicted octanol–water partition coefficient (Wildman–Crippen LogP) is 7.65. The summed E-state index contributed by atoms with van der Waals surface area (Å²) in [6.07, 6.45) is 17.4. The molecule has 0 heterocycles. The van der Waals surface area contributed by atoms with Crippen LogP contribution in [0.5, 0.6) is 0 Å². The first-order valence-corrected chi connectivity index (χ1v) is 17.9. The van der Waals surface area contributed by atoms with E-state index in [4.69, 9.17) is 5.73 Å². The summed E-state index contributed by atoms with van der Waals surface area (Å²) in [6, 6.07) is 11.6. The van der Waals surface area contributed by atoms with E-state index in [9.17, 15) is 0 Å². The summed E-state index contributed by atoms with van der Waals surface area (Å²) in [5.41, 5.74) is 4.71. The van der Waals surface area contributed by atoms with Crippen molar-refractivity contribution in [1.29, 1.82) is 0 Å². The molecule has 2 N–H and O–H groups in total. The molecule has 0 aliphatic carbocycles. The molecule has 0 aliphatic rings. The van der Waals surface area contributed by atoms with Crippen molar-refractivity contribution in [2.75, 3.05) is 0 Å². The molecule has 1 aromatic carbocycles. The van der Waals surface area contributed by atoms with Gasteiger partial charge in [0.15, 0.2) is 0 Å². The molecule has 0 spiro atoms. The van der Waals surface area contributed by atoms with Crippen molar-refractivity contribution in [3.63, 3.8) is 0 Å². The van der Waals surface area contributed by atoms with E-state index in [2.05, 4.69) is 69.0 Å². The molecule has 4 heteroatoms. The molecule has 0 unspecified atom stereocenters. The zero-order chi connectivity index (χ0) is 20.2. The molecule has 153 valence electrons. The fraction of sp³-hybridized carbons (Fsp3) is 0.696. The van der Waals surface area contributed by atoms with Crippen molar-refractivity contribution < 1.29 is 16.0 Å². The van der Waals surface area contributed by atoms with E-state index in [1.54, 1.807) is 14.2 Å². The van der Waals surface area contributed by atoms with Crippen molar-refractivity contribution in [2.24, 2.45) is 5.73 Å². The van der Waals surface area contributed by atoms with Gasteiger partial charge in [0.2, 0.25) is 0 Å². The topological polar surface area (TPSA) is 26.0 Å². The Morgan fingerprint density at radius 2 is 1.15 bits per heavy atom. The van der Waals surface area contributed by atoms with Gasteiger partial charge in [0, 0.05) is 0 Å². The zero-order valence-corrected chi connectivity index (χ0v) is 22.6. The number of thiocarbonyl (C=S) groups is 1. The van der Waals surface area contributed by atoms with Gasteiger partial charge < -0.3 is 5.73 Å². The predicted molar refractivity (Wildman–Crippen MR) is 128 cm³/mol. The summed E-state index contributed by atoms with van der Waals surface area (Å²) >= 11 is 6.19. The molecule has 0 aliphatic heterocycles. The standard InChI is InChI=1S/2C8H17.C6H5.CH3NS2.Zn/c2*1-3-5-7-8-6-4-2;1-2-4-6-5-3-1;2-1(3)4;/h2*1,3-8H2,2H3;1-5H;(H3,2,3,4);. The fourth-order valence-electron chi connectivity index (χ4n) is 3.91. The van der Waals surface area contributed by atoms with Crippen molar-refractivity contribution >= 4 is 33.3 Å². The number of unbranched alkanes of at least 4 members (excludes halogenated alkanes) is 10. The van der Waals surface area contributed by atoms with E-state index in [0.717, 1.165) is 0 Å². The molecule has 0 atom stereocenters. The molecular formula is C23H42NS2Zn. The van der Waals surface area contributed by atoms with Gasteiger partial charge in [-0.1, -0.05) is 12.2 Å². The largest absolute Gasteiger partial charge is 0.385 e. The van der Waals surface area contributed by atoms with E-state index in [0.29, 0.717) is 0 Å². The maximum atomic E-state index is 4.71. The first-order chi connectivity index (χ1) is 13.1. The molecule has 0 bridgehead atoms. The van der Waals surface area contributed by atoms with Gasteiger partial charge in [0.05, 0.1) is 0 Å². The molecule has 0 radical (unpaired) electrons. The average molecular weight is 462 g/mol. The molecule has 0 saturated carbocycles. The van der Waals surface area contributed by atoms with Crippen LogP contribution >= 0.6 is 24.8 Å². The van der Waals surface area contributed by atoms with Crippen LogP contribution in [0.25, 0.3) is 0 Å². The van der Waals surface area contributed by atoms with Gasteiger partial charge in [-0.3, -0.25) is 0 Å². The van der Waals surface area contributed by atoms with Crippen LogP contribution in [0.4, 0.5) is 0 Å². The second kappa shape index (κ2) is 20.8. The van der Waals surface area contributed by atoms with Crippen molar-refractivity contribution in [2.45, 2.75) is 101 Å². The van der Waals surface area contributed by atoms with Crippen LogP contribution in [0.15, 0.2) is 30.3 Å². The summed E-state index contributed by atoms with van der Waals surface area (Å²) in [5, 5.41) is 3.20. The Balaban J connectivity index is 0.00000153. The van der Waals surface area contributed by atoms with Crippen molar-refractivity contribution in [3.05, 3.63) is 30.3 Å². The normalized spacial score (nSPS) is 10.2. The SMILES string of the molecule is CCCCCCC[CH2][Zn]([CH2]CCCCCCC)[c]1ccccc1.NC(=S)S. The third kappa shape index (κ3) is 19.2. The van der Waals surface area contributed by atoms with Gasteiger partial charge in [-0.2, -0.15) is 0 Å². The molecule has 0 aromatic heterocycles. The van der Waals surface area contributed by atoms with Crippen LogP contribution in [0.3, 0.4) is 0 Å². The Morgan fingerprint density at radius 3 is 1.56 bits per heavy atom. The van der Waals surface area contributed by atoms with Crippen LogP contribution in [0.2, 0.25) is 10.0 Å². The van der Waals surface area contributed by atoms with E-state index >= 15 is 0 Å². The summed E-state index contributed by atoms with van der Waals surface area (Å²) in [7, 11) is 0. The molecule has 0 amide bonds. The third-order valence-electron chi connectivity index (χ3n) is 5.48. The minimum atomic E-state index is -1.46. The summed E-state index contributed by atoms with van der Waals surface area (Å²) in [5.74, 6) is 0. The zero-order valence-electron chi connectivity index (χ0n) is 17.9. The van der Waals surface area contributed by atoms with E-state index < -0.39 is 16.0 Å². The summed E-state index contributed by atoms with van der Waals surface area (Å²) in [6.45, 7) is 4.62. The number of hydrogen-bond acceptors (Lipinski definition) is 1. The number of nitrogens with two attached hydrogens (primary N) is 1. The fourth-order valence-corrected chi connectivity index (χ4v) is 12.4. The summed E-state index contributed by atoms with van der Waals surface area (Å²) < 4.78 is 1.98. The Morgan fingerprint density at radius 1 is 0.778 bits per heavy atom. The van der Waals surface area contributed by atoms with Crippen LogP contribution in [-0.4, -0.2) is 4.32 Å². The molecule has 0 fully saturated rings. The second-order valence-electron chi connectivity index (χ2n) is 7.92. The maximum absolute atomic E-state index is 4.71. The molecule has 1 nitrogen and oxygen atoms in total. The van der Waals surface area contributed by atoms with Gasteiger partial charge in [-0.05, 0) is 0 Å². The Bertz CT molecular complexity index is 419. The second-order valence-corrected chi connectivity index (χ2v) is 17.4. The summed E-state index contributed by atoms with van der Waals surface area (Å²) in [4.78, 5) is 0. The Kier molecular flexibility index (Phi) is 20.9. The van der Waals surface area contributed by atoms with E-state index in [-0.39, 0.29) is 4.32 Å². The molecule has 1 aromatic rings.